The minimum absolute atomic E-state index is 0.00194. The van der Waals surface area contributed by atoms with Gasteiger partial charge in [0.1, 0.15) is 0 Å². The van der Waals surface area contributed by atoms with E-state index in [2.05, 4.69) is 10.1 Å². The second-order valence-corrected chi connectivity index (χ2v) is 7.05. The number of carbonyl (C=O) groups excluding carboxylic acids is 4. The molecule has 1 heterocycles. The van der Waals surface area contributed by atoms with Crippen molar-refractivity contribution in [3.05, 3.63) is 59.1 Å². The molecule has 0 aromatic heterocycles. The van der Waals surface area contributed by atoms with E-state index in [-0.39, 0.29) is 18.9 Å². The van der Waals surface area contributed by atoms with Gasteiger partial charge in [-0.25, -0.2) is 4.79 Å². The summed E-state index contributed by atoms with van der Waals surface area (Å²) in [6, 6.07) is 12.9. The summed E-state index contributed by atoms with van der Waals surface area (Å²) in [7, 11) is 1.28. The van der Waals surface area contributed by atoms with Crippen molar-refractivity contribution in [2.45, 2.75) is 6.42 Å². The van der Waals surface area contributed by atoms with E-state index >= 15 is 0 Å². The molecule has 1 atom stereocenters. The highest BCUT2D eigenvalue weighted by molar-refractivity contribution is 6.31. The summed E-state index contributed by atoms with van der Waals surface area (Å²) in [5, 5.41) is 3.05. The van der Waals surface area contributed by atoms with Gasteiger partial charge in [-0.2, -0.15) is 0 Å². The number of nitrogens with one attached hydrogen (secondary N) is 1. The number of hydrogen-bond acceptors (Lipinski definition) is 6. The van der Waals surface area contributed by atoms with Gasteiger partial charge in [-0.3, -0.25) is 14.4 Å². The number of nitrogens with zero attached hydrogens (tertiary/aromatic N) is 1. The van der Waals surface area contributed by atoms with Crippen LogP contribution in [0, 0.1) is 5.92 Å². The van der Waals surface area contributed by atoms with Gasteiger partial charge in [0.15, 0.2) is 6.61 Å². The highest BCUT2D eigenvalue weighted by atomic mass is 35.5. The highest BCUT2D eigenvalue weighted by Crippen LogP contribution is 2.27. The van der Waals surface area contributed by atoms with Crippen LogP contribution in [0.5, 0.6) is 0 Å². The lowest BCUT2D eigenvalue weighted by Gasteiger charge is -2.16. The molecule has 2 aromatic rings. The molecule has 9 heteroatoms. The molecule has 1 saturated heterocycles. The molecule has 0 unspecified atom stereocenters. The van der Waals surface area contributed by atoms with Crippen LogP contribution >= 0.6 is 11.6 Å². The van der Waals surface area contributed by atoms with Gasteiger partial charge < -0.3 is 19.7 Å². The molecule has 1 aliphatic heterocycles. The lowest BCUT2D eigenvalue weighted by atomic mass is 10.1. The van der Waals surface area contributed by atoms with Crippen molar-refractivity contribution in [3.63, 3.8) is 0 Å². The lowest BCUT2D eigenvalue weighted by Crippen LogP contribution is -2.28. The van der Waals surface area contributed by atoms with E-state index < -0.39 is 30.4 Å². The summed E-state index contributed by atoms with van der Waals surface area (Å²) in [6.07, 6.45) is 0.00194. The van der Waals surface area contributed by atoms with Gasteiger partial charge in [0.25, 0.3) is 5.91 Å². The number of benzene rings is 2. The highest BCUT2D eigenvalue weighted by Gasteiger charge is 2.36. The monoisotopic (exact) mass is 430 g/mol. The Morgan fingerprint density at radius 1 is 1.17 bits per heavy atom. The van der Waals surface area contributed by atoms with Crippen LogP contribution in [0.2, 0.25) is 5.02 Å². The molecule has 30 heavy (non-hydrogen) atoms. The first-order valence-electron chi connectivity index (χ1n) is 9.08. The number of hydrogen-bond donors (Lipinski definition) is 1. The van der Waals surface area contributed by atoms with Crippen LogP contribution in [-0.2, 0) is 23.9 Å². The van der Waals surface area contributed by atoms with Crippen LogP contribution in [0.3, 0.4) is 0 Å². The van der Waals surface area contributed by atoms with Crippen molar-refractivity contribution in [2.24, 2.45) is 5.92 Å². The summed E-state index contributed by atoms with van der Waals surface area (Å²) in [5.74, 6) is -2.52. The molecule has 0 spiro atoms. The van der Waals surface area contributed by atoms with Crippen molar-refractivity contribution in [1.29, 1.82) is 0 Å². The van der Waals surface area contributed by atoms with E-state index in [9.17, 15) is 19.2 Å². The fourth-order valence-electron chi connectivity index (χ4n) is 3.02. The molecule has 8 nitrogen and oxygen atoms in total. The number of esters is 2. The zero-order valence-corrected chi connectivity index (χ0v) is 16.8. The summed E-state index contributed by atoms with van der Waals surface area (Å²) >= 11 is 5.96. The Labute approximate surface area is 177 Å². The average molecular weight is 431 g/mol. The normalized spacial score (nSPS) is 15.6. The van der Waals surface area contributed by atoms with E-state index in [1.54, 1.807) is 24.3 Å². The fraction of sp³-hybridized carbons (Fsp3) is 0.238. The lowest BCUT2D eigenvalue weighted by molar-refractivity contribution is -0.151. The molecule has 3 rings (SSSR count). The molecule has 1 aliphatic rings. The Bertz CT molecular complexity index is 976. The smallest absolute Gasteiger partial charge is 0.337 e. The summed E-state index contributed by atoms with van der Waals surface area (Å²) < 4.78 is 9.67. The quantitative estimate of drug-likeness (QED) is 0.707. The molecular formula is C21H19ClN2O6. The van der Waals surface area contributed by atoms with Gasteiger partial charge >= 0.3 is 11.9 Å². The zero-order chi connectivity index (χ0) is 21.7. The molecule has 0 bridgehead atoms. The van der Waals surface area contributed by atoms with Crippen LogP contribution in [0.1, 0.15) is 16.8 Å². The number of halogens is 1. The first kappa shape index (κ1) is 21.3. The van der Waals surface area contributed by atoms with Crippen molar-refractivity contribution < 1.29 is 28.7 Å². The minimum atomic E-state index is -0.663. The van der Waals surface area contributed by atoms with Gasteiger partial charge in [-0.1, -0.05) is 17.7 Å². The van der Waals surface area contributed by atoms with E-state index in [0.717, 1.165) is 0 Å². The van der Waals surface area contributed by atoms with Crippen LogP contribution < -0.4 is 10.2 Å². The van der Waals surface area contributed by atoms with Gasteiger partial charge in [-0.05, 0) is 42.5 Å². The van der Waals surface area contributed by atoms with Crippen LogP contribution in [-0.4, -0.2) is 44.0 Å². The SMILES string of the molecule is COC(=O)c1ccc(NC(=O)COC(=O)[C@@H]2CC(=O)N(c3cccc(Cl)c3)C2)cc1. The minimum Gasteiger partial charge on any atom is -0.465 e. The summed E-state index contributed by atoms with van der Waals surface area (Å²) in [5.41, 5.74) is 1.39. The second kappa shape index (κ2) is 9.41. The van der Waals surface area contributed by atoms with E-state index in [1.807, 2.05) is 0 Å². The fourth-order valence-corrected chi connectivity index (χ4v) is 3.20. The number of anilines is 2. The Morgan fingerprint density at radius 2 is 1.90 bits per heavy atom. The molecular weight excluding hydrogens is 412 g/mol. The maximum absolute atomic E-state index is 12.3. The Balaban J connectivity index is 1.50. The van der Waals surface area contributed by atoms with Crippen molar-refractivity contribution in [1.82, 2.24) is 0 Å². The summed E-state index contributed by atoms with van der Waals surface area (Å²) in [6.45, 7) is -0.325. The standard InChI is InChI=1S/C21H19ClN2O6/c1-29-20(27)13-5-7-16(8-6-13)23-18(25)12-30-21(28)14-9-19(26)24(11-14)17-4-2-3-15(22)10-17/h2-8,10,14H,9,11-12H2,1H3,(H,23,25)/t14-/m1/s1. The van der Waals surface area contributed by atoms with Gasteiger partial charge in [0.2, 0.25) is 5.91 Å². The van der Waals surface area contributed by atoms with E-state index in [4.69, 9.17) is 16.3 Å². The topological polar surface area (TPSA) is 102 Å². The molecule has 2 aromatic carbocycles. The van der Waals surface area contributed by atoms with Gasteiger partial charge in [0.05, 0.1) is 18.6 Å². The molecule has 1 N–H and O–H groups in total. The molecule has 1 fully saturated rings. The maximum Gasteiger partial charge on any atom is 0.337 e. The molecule has 0 aliphatic carbocycles. The van der Waals surface area contributed by atoms with E-state index in [1.165, 1.54) is 36.3 Å². The second-order valence-electron chi connectivity index (χ2n) is 6.61. The van der Waals surface area contributed by atoms with Crippen molar-refractivity contribution in [2.75, 3.05) is 30.5 Å². The Hall–Kier alpha value is -3.39. The summed E-state index contributed by atoms with van der Waals surface area (Å²) in [4.78, 5) is 49.4. The third-order valence-corrected chi connectivity index (χ3v) is 4.75. The van der Waals surface area contributed by atoms with Crippen LogP contribution in [0.15, 0.2) is 48.5 Å². The van der Waals surface area contributed by atoms with Crippen molar-refractivity contribution in [3.8, 4) is 0 Å². The number of amides is 2. The molecule has 156 valence electrons. The predicted molar refractivity (Wildman–Crippen MR) is 109 cm³/mol. The van der Waals surface area contributed by atoms with Gasteiger partial charge in [0, 0.05) is 29.4 Å². The van der Waals surface area contributed by atoms with E-state index in [0.29, 0.717) is 22.0 Å². The number of carbonyl (C=O) groups is 4. The Morgan fingerprint density at radius 3 is 2.57 bits per heavy atom. The third kappa shape index (κ3) is 5.15. The first-order valence-corrected chi connectivity index (χ1v) is 9.46. The zero-order valence-electron chi connectivity index (χ0n) is 16.1. The first-order chi connectivity index (χ1) is 14.4. The maximum atomic E-state index is 12.3. The average Bonchev–Trinajstić information content (AvgIpc) is 3.13. The Kier molecular flexibility index (Phi) is 6.68. The molecule has 2 amide bonds. The third-order valence-electron chi connectivity index (χ3n) is 4.51. The number of ether oxygens (including phenoxy) is 2. The largest absolute Gasteiger partial charge is 0.465 e. The van der Waals surface area contributed by atoms with Crippen LogP contribution in [0.25, 0.3) is 0 Å². The molecule has 0 saturated carbocycles. The van der Waals surface area contributed by atoms with Crippen molar-refractivity contribution >= 4 is 46.7 Å². The number of methoxy groups -OCH3 is 1. The predicted octanol–water partition coefficient (Wildman–Crippen LogP) is 2.66. The number of rotatable bonds is 6. The van der Waals surface area contributed by atoms with Gasteiger partial charge in [-0.15, -0.1) is 0 Å². The van der Waals surface area contributed by atoms with Crippen LogP contribution in [0.4, 0.5) is 11.4 Å². The molecule has 0 radical (unpaired) electrons.